The van der Waals surface area contributed by atoms with E-state index in [1.807, 2.05) is 19.9 Å². The number of carbonyl (C=O) groups excluding carboxylic acids is 2. The van der Waals surface area contributed by atoms with Crippen molar-refractivity contribution in [2.24, 2.45) is 0 Å². The van der Waals surface area contributed by atoms with Crippen molar-refractivity contribution in [2.45, 2.75) is 26.3 Å². The van der Waals surface area contributed by atoms with E-state index in [0.29, 0.717) is 11.3 Å². The van der Waals surface area contributed by atoms with Gasteiger partial charge in [-0.3, -0.25) is 9.59 Å². The van der Waals surface area contributed by atoms with Crippen LogP contribution in [0.5, 0.6) is 0 Å². The van der Waals surface area contributed by atoms with Crippen LogP contribution in [0.4, 0.5) is 4.39 Å². The zero-order chi connectivity index (χ0) is 18.1. The molecule has 1 aliphatic heterocycles. The number of hydrogen-bond acceptors (Lipinski definition) is 4. The van der Waals surface area contributed by atoms with E-state index in [1.54, 1.807) is 17.5 Å². The largest absolute Gasteiger partial charge is 0.503 e. The molecular weight excluding hydrogens is 341 g/mol. The predicted molar refractivity (Wildman–Crippen MR) is 94.4 cm³/mol. The van der Waals surface area contributed by atoms with E-state index >= 15 is 0 Å². The van der Waals surface area contributed by atoms with E-state index in [2.05, 4.69) is 0 Å². The van der Waals surface area contributed by atoms with Gasteiger partial charge in [-0.15, -0.1) is 11.3 Å². The zero-order valence-corrected chi connectivity index (χ0v) is 14.8. The van der Waals surface area contributed by atoms with Crippen molar-refractivity contribution in [3.8, 4) is 0 Å². The number of Topliss-reactive ketones (excluding diaryl/α,β-unsaturated/α-hetero) is 1. The first-order valence-electron chi connectivity index (χ1n) is 7.97. The number of thiophene rings is 1. The van der Waals surface area contributed by atoms with E-state index in [9.17, 15) is 19.1 Å². The van der Waals surface area contributed by atoms with Gasteiger partial charge in [-0.25, -0.2) is 4.39 Å². The highest BCUT2D eigenvalue weighted by Crippen LogP contribution is 2.28. The SMILES string of the molecule is CC(C)N1CC(C(=O)c2sccc2Cc2ccc(F)cc2)=C(O)C1=O. The lowest BCUT2D eigenvalue weighted by atomic mass is 10.0. The number of rotatable bonds is 5. The quantitative estimate of drug-likeness (QED) is 0.828. The summed E-state index contributed by atoms with van der Waals surface area (Å²) in [5, 5.41) is 11.9. The lowest BCUT2D eigenvalue weighted by molar-refractivity contribution is -0.129. The van der Waals surface area contributed by atoms with E-state index in [0.717, 1.165) is 11.1 Å². The van der Waals surface area contributed by atoms with Crippen molar-refractivity contribution in [2.75, 3.05) is 6.54 Å². The summed E-state index contributed by atoms with van der Waals surface area (Å²) in [7, 11) is 0. The standard InChI is InChI=1S/C19H18FNO3S/c1-11(2)21-10-15(17(23)19(21)24)16(22)18-13(7-8-25-18)9-12-3-5-14(20)6-4-12/h3-8,11,23H,9-10H2,1-2H3. The Morgan fingerprint density at radius 1 is 1.28 bits per heavy atom. The number of aliphatic hydroxyl groups excluding tert-OH is 1. The van der Waals surface area contributed by atoms with Gasteiger partial charge in [-0.1, -0.05) is 12.1 Å². The summed E-state index contributed by atoms with van der Waals surface area (Å²) in [6.07, 6.45) is 0.487. The number of amides is 1. The molecule has 0 atom stereocenters. The molecule has 0 unspecified atom stereocenters. The lowest BCUT2D eigenvalue weighted by Gasteiger charge is -2.20. The van der Waals surface area contributed by atoms with Gasteiger partial charge in [0.1, 0.15) is 5.82 Å². The maximum absolute atomic E-state index is 13.0. The molecule has 1 N–H and O–H groups in total. The number of nitrogens with zero attached hydrogens (tertiary/aromatic N) is 1. The normalized spacial score (nSPS) is 14.7. The van der Waals surface area contributed by atoms with Gasteiger partial charge in [0.2, 0.25) is 5.78 Å². The maximum atomic E-state index is 13.0. The van der Waals surface area contributed by atoms with Gasteiger partial charge in [0.05, 0.1) is 17.0 Å². The molecule has 1 aliphatic rings. The number of aliphatic hydroxyl groups is 1. The molecule has 0 saturated carbocycles. The lowest BCUT2D eigenvalue weighted by Crippen LogP contribution is -2.34. The minimum atomic E-state index is -0.505. The molecule has 0 radical (unpaired) electrons. The van der Waals surface area contributed by atoms with Crippen molar-refractivity contribution < 1.29 is 19.1 Å². The third-order valence-electron chi connectivity index (χ3n) is 4.24. The van der Waals surface area contributed by atoms with Crippen LogP contribution in [-0.4, -0.2) is 34.3 Å². The minimum absolute atomic E-state index is 0.0954. The van der Waals surface area contributed by atoms with Gasteiger partial charge >= 0.3 is 0 Å². The van der Waals surface area contributed by atoms with E-state index in [1.165, 1.54) is 28.4 Å². The molecule has 0 saturated heterocycles. The van der Waals surface area contributed by atoms with Crippen LogP contribution in [-0.2, 0) is 11.2 Å². The highest BCUT2D eigenvalue weighted by molar-refractivity contribution is 7.12. The topological polar surface area (TPSA) is 57.6 Å². The molecule has 0 fully saturated rings. The van der Waals surface area contributed by atoms with E-state index in [4.69, 9.17) is 0 Å². The summed E-state index contributed by atoms with van der Waals surface area (Å²) in [6.45, 7) is 3.79. The molecule has 2 aromatic rings. The number of hydrogen-bond donors (Lipinski definition) is 1. The molecule has 130 valence electrons. The van der Waals surface area contributed by atoms with Crippen molar-refractivity contribution >= 4 is 23.0 Å². The molecule has 25 heavy (non-hydrogen) atoms. The maximum Gasteiger partial charge on any atom is 0.289 e. The minimum Gasteiger partial charge on any atom is -0.503 e. The Labute approximate surface area is 149 Å². The second-order valence-corrected chi connectivity index (χ2v) is 7.18. The van der Waals surface area contributed by atoms with Crippen LogP contribution in [0.1, 0.15) is 34.6 Å². The second-order valence-electron chi connectivity index (χ2n) is 6.26. The third kappa shape index (κ3) is 3.35. The number of ketones is 1. The Kier molecular flexibility index (Phi) is 4.72. The number of halogens is 1. The van der Waals surface area contributed by atoms with Gasteiger partial charge in [0.25, 0.3) is 5.91 Å². The molecule has 1 amide bonds. The fourth-order valence-electron chi connectivity index (χ4n) is 2.81. The summed E-state index contributed by atoms with van der Waals surface area (Å²) in [5.41, 5.74) is 1.83. The molecular formula is C19H18FNO3S. The fourth-order valence-corrected chi connectivity index (χ4v) is 3.70. The van der Waals surface area contributed by atoms with E-state index < -0.39 is 11.7 Å². The zero-order valence-electron chi connectivity index (χ0n) is 14.0. The Morgan fingerprint density at radius 3 is 2.56 bits per heavy atom. The molecule has 1 aromatic carbocycles. The Morgan fingerprint density at radius 2 is 1.96 bits per heavy atom. The summed E-state index contributed by atoms with van der Waals surface area (Å²) in [4.78, 5) is 26.9. The predicted octanol–water partition coefficient (Wildman–Crippen LogP) is 3.72. The Bertz CT molecular complexity index is 852. The van der Waals surface area contributed by atoms with Crippen LogP contribution >= 0.6 is 11.3 Å². The fraction of sp³-hybridized carbons (Fsp3) is 0.263. The van der Waals surface area contributed by atoms with Crippen LogP contribution in [0.3, 0.4) is 0 Å². The van der Waals surface area contributed by atoms with Gasteiger partial charge < -0.3 is 10.0 Å². The molecule has 2 heterocycles. The first-order chi connectivity index (χ1) is 11.9. The van der Waals surface area contributed by atoms with Crippen LogP contribution in [0, 0.1) is 5.82 Å². The summed E-state index contributed by atoms with van der Waals surface area (Å²) < 4.78 is 13.0. The van der Waals surface area contributed by atoms with Crippen molar-refractivity contribution in [3.05, 3.63) is 68.9 Å². The molecule has 3 rings (SSSR count). The number of carbonyl (C=O) groups is 2. The first kappa shape index (κ1) is 17.4. The van der Waals surface area contributed by atoms with Gasteiger partial charge in [0, 0.05) is 6.04 Å². The van der Waals surface area contributed by atoms with Crippen molar-refractivity contribution in [1.82, 2.24) is 4.90 Å². The van der Waals surface area contributed by atoms with Crippen LogP contribution in [0.25, 0.3) is 0 Å². The average Bonchev–Trinajstić information content (AvgIpc) is 3.15. The smallest absolute Gasteiger partial charge is 0.289 e. The van der Waals surface area contributed by atoms with E-state index in [-0.39, 0.29) is 29.8 Å². The van der Waals surface area contributed by atoms with Gasteiger partial charge in [-0.05, 0) is 55.0 Å². The summed E-state index contributed by atoms with van der Waals surface area (Å²) >= 11 is 1.28. The van der Waals surface area contributed by atoms with Crippen LogP contribution in [0.2, 0.25) is 0 Å². The average molecular weight is 359 g/mol. The monoisotopic (exact) mass is 359 g/mol. The Balaban J connectivity index is 1.86. The van der Waals surface area contributed by atoms with Crippen molar-refractivity contribution in [3.63, 3.8) is 0 Å². The van der Waals surface area contributed by atoms with Crippen LogP contribution in [0.15, 0.2) is 47.0 Å². The molecule has 1 aromatic heterocycles. The first-order valence-corrected chi connectivity index (χ1v) is 8.85. The summed E-state index contributed by atoms with van der Waals surface area (Å²) in [6, 6.07) is 7.87. The highest BCUT2D eigenvalue weighted by atomic mass is 32.1. The van der Waals surface area contributed by atoms with Gasteiger partial charge in [0.15, 0.2) is 5.76 Å². The molecule has 0 aliphatic carbocycles. The highest BCUT2D eigenvalue weighted by Gasteiger charge is 2.36. The van der Waals surface area contributed by atoms with Gasteiger partial charge in [-0.2, -0.15) is 0 Å². The molecule has 0 bridgehead atoms. The Hall–Kier alpha value is -2.47. The van der Waals surface area contributed by atoms with Crippen molar-refractivity contribution in [1.29, 1.82) is 0 Å². The molecule has 4 nitrogen and oxygen atoms in total. The third-order valence-corrected chi connectivity index (χ3v) is 5.19. The summed E-state index contributed by atoms with van der Waals surface area (Å²) in [5.74, 6) is -1.59. The number of benzene rings is 1. The molecule has 6 heteroatoms. The second kappa shape index (κ2) is 6.80. The molecule has 0 spiro atoms. The van der Waals surface area contributed by atoms with Crippen LogP contribution < -0.4 is 0 Å².